The topological polar surface area (TPSA) is 77.1 Å². The number of nitrogens with one attached hydrogen (secondary N) is 1. The second kappa shape index (κ2) is 10.8. The van der Waals surface area contributed by atoms with E-state index in [1.54, 1.807) is 12.1 Å². The van der Waals surface area contributed by atoms with Gasteiger partial charge >= 0.3 is 0 Å². The average molecular weight is 439 g/mol. The third-order valence-electron chi connectivity index (χ3n) is 4.86. The van der Waals surface area contributed by atoms with Crippen LogP contribution in [0.3, 0.4) is 0 Å². The molecule has 1 aliphatic heterocycles. The number of benzene rings is 2. The maximum absolute atomic E-state index is 13.2. The summed E-state index contributed by atoms with van der Waals surface area (Å²) in [5, 5.41) is 3.15. The Kier molecular flexibility index (Phi) is 7.89. The molecular formula is C25H30N2O5. The molecule has 0 saturated heterocycles. The standard InChI is InChI=1S/C25H30N2O5/c1-5-31-21-9-7-6-8-20(21)26-23-22(24(28)27(25(23)29)14-15-30-4)18-10-12-19(13-11-18)32-16-17(2)3/h6-13,17,26H,5,14-16H2,1-4H3. The first-order chi connectivity index (χ1) is 15.5. The van der Waals surface area contributed by atoms with Crippen molar-refractivity contribution in [3.8, 4) is 11.5 Å². The highest BCUT2D eigenvalue weighted by atomic mass is 16.5. The molecule has 170 valence electrons. The highest BCUT2D eigenvalue weighted by molar-refractivity contribution is 6.36. The molecule has 0 unspecified atom stereocenters. The lowest BCUT2D eigenvalue weighted by Gasteiger charge is -2.15. The van der Waals surface area contributed by atoms with Crippen LogP contribution in [0.5, 0.6) is 11.5 Å². The van der Waals surface area contributed by atoms with Crippen LogP contribution < -0.4 is 14.8 Å². The SMILES string of the molecule is CCOc1ccccc1NC1=C(c2ccc(OCC(C)C)cc2)C(=O)N(CCOC)C1=O. The average Bonchev–Trinajstić information content (AvgIpc) is 3.01. The van der Waals surface area contributed by atoms with Crippen molar-refractivity contribution in [3.05, 3.63) is 59.8 Å². The van der Waals surface area contributed by atoms with Crippen LogP contribution in [-0.2, 0) is 14.3 Å². The number of rotatable bonds is 11. The van der Waals surface area contributed by atoms with Crippen molar-refractivity contribution in [3.63, 3.8) is 0 Å². The van der Waals surface area contributed by atoms with Crippen LogP contribution >= 0.6 is 0 Å². The van der Waals surface area contributed by atoms with E-state index < -0.39 is 5.91 Å². The third-order valence-corrected chi connectivity index (χ3v) is 4.86. The van der Waals surface area contributed by atoms with Crippen molar-refractivity contribution in [2.45, 2.75) is 20.8 Å². The van der Waals surface area contributed by atoms with Gasteiger partial charge in [0.1, 0.15) is 17.2 Å². The monoisotopic (exact) mass is 438 g/mol. The number of anilines is 1. The summed E-state index contributed by atoms with van der Waals surface area (Å²) >= 11 is 0. The lowest BCUT2D eigenvalue weighted by atomic mass is 10.0. The summed E-state index contributed by atoms with van der Waals surface area (Å²) in [6.07, 6.45) is 0. The maximum Gasteiger partial charge on any atom is 0.278 e. The molecule has 7 nitrogen and oxygen atoms in total. The van der Waals surface area contributed by atoms with E-state index >= 15 is 0 Å². The zero-order valence-electron chi connectivity index (χ0n) is 19.0. The summed E-state index contributed by atoms with van der Waals surface area (Å²) in [6.45, 7) is 7.56. The first-order valence-electron chi connectivity index (χ1n) is 10.8. The molecule has 0 atom stereocenters. The van der Waals surface area contributed by atoms with E-state index in [-0.39, 0.29) is 24.8 Å². The fraction of sp³-hybridized carbons (Fsp3) is 0.360. The van der Waals surface area contributed by atoms with Gasteiger partial charge in [-0.15, -0.1) is 0 Å². The molecule has 0 bridgehead atoms. The van der Waals surface area contributed by atoms with Crippen molar-refractivity contribution in [1.82, 2.24) is 4.90 Å². The van der Waals surface area contributed by atoms with Crippen LogP contribution in [0.4, 0.5) is 5.69 Å². The smallest absolute Gasteiger partial charge is 0.278 e. The first-order valence-corrected chi connectivity index (χ1v) is 10.8. The second-order valence-corrected chi connectivity index (χ2v) is 7.79. The fourth-order valence-corrected chi connectivity index (χ4v) is 3.31. The fourth-order valence-electron chi connectivity index (χ4n) is 3.31. The highest BCUT2D eigenvalue weighted by Gasteiger charge is 2.39. The molecule has 0 saturated carbocycles. The molecule has 2 aromatic rings. The molecule has 2 aromatic carbocycles. The number of imide groups is 1. The Balaban J connectivity index is 1.98. The Hall–Kier alpha value is -3.32. The van der Waals surface area contributed by atoms with Gasteiger partial charge in [0, 0.05) is 7.11 Å². The number of methoxy groups -OCH3 is 1. The van der Waals surface area contributed by atoms with Crippen molar-refractivity contribution >= 4 is 23.1 Å². The Labute approximate surface area is 189 Å². The van der Waals surface area contributed by atoms with Crippen LogP contribution in [0.1, 0.15) is 26.3 Å². The van der Waals surface area contributed by atoms with Crippen LogP contribution in [0.25, 0.3) is 5.57 Å². The van der Waals surface area contributed by atoms with Crippen LogP contribution in [-0.4, -0.2) is 50.2 Å². The molecule has 0 spiro atoms. The minimum absolute atomic E-state index is 0.172. The van der Waals surface area contributed by atoms with Gasteiger partial charge in [-0.3, -0.25) is 14.5 Å². The molecule has 2 amide bonds. The number of nitrogens with zero attached hydrogens (tertiary/aromatic N) is 1. The zero-order valence-corrected chi connectivity index (χ0v) is 19.0. The highest BCUT2D eigenvalue weighted by Crippen LogP contribution is 2.33. The van der Waals surface area contributed by atoms with Crippen molar-refractivity contribution in [2.24, 2.45) is 5.92 Å². The number of carbonyl (C=O) groups excluding carboxylic acids is 2. The lowest BCUT2D eigenvalue weighted by molar-refractivity contribution is -0.137. The predicted molar refractivity (Wildman–Crippen MR) is 124 cm³/mol. The molecule has 1 N–H and O–H groups in total. The molecule has 0 radical (unpaired) electrons. The summed E-state index contributed by atoms with van der Waals surface area (Å²) in [7, 11) is 1.53. The number of carbonyl (C=O) groups is 2. The Morgan fingerprint density at radius 3 is 2.34 bits per heavy atom. The first kappa shape index (κ1) is 23.3. The van der Waals surface area contributed by atoms with Crippen LogP contribution in [0.15, 0.2) is 54.2 Å². The minimum Gasteiger partial charge on any atom is -0.493 e. The van der Waals surface area contributed by atoms with Gasteiger partial charge in [0.25, 0.3) is 11.8 Å². The van der Waals surface area contributed by atoms with Crippen molar-refractivity contribution < 1.29 is 23.8 Å². The molecule has 0 aliphatic carbocycles. The van der Waals surface area contributed by atoms with Gasteiger partial charge in [-0.1, -0.05) is 38.1 Å². The maximum atomic E-state index is 13.2. The summed E-state index contributed by atoms with van der Waals surface area (Å²) < 4.78 is 16.5. The van der Waals surface area contributed by atoms with E-state index in [0.717, 1.165) is 0 Å². The molecule has 32 heavy (non-hydrogen) atoms. The van der Waals surface area contributed by atoms with Gasteiger partial charge in [-0.05, 0) is 42.7 Å². The minimum atomic E-state index is -0.395. The van der Waals surface area contributed by atoms with E-state index in [9.17, 15) is 9.59 Å². The number of para-hydroxylation sites is 2. The number of hydrogen-bond acceptors (Lipinski definition) is 6. The number of hydrogen-bond donors (Lipinski definition) is 1. The van der Waals surface area contributed by atoms with E-state index in [2.05, 4.69) is 19.2 Å². The van der Waals surface area contributed by atoms with Crippen LogP contribution in [0, 0.1) is 5.92 Å². The quantitative estimate of drug-likeness (QED) is 0.535. The summed E-state index contributed by atoms with van der Waals surface area (Å²) in [5.41, 5.74) is 1.78. The van der Waals surface area contributed by atoms with Gasteiger partial charge in [0.15, 0.2) is 0 Å². The molecule has 1 aliphatic rings. The Morgan fingerprint density at radius 2 is 1.69 bits per heavy atom. The molecule has 1 heterocycles. The normalized spacial score (nSPS) is 13.8. The van der Waals surface area contributed by atoms with Gasteiger partial charge in [0.2, 0.25) is 0 Å². The van der Waals surface area contributed by atoms with Gasteiger partial charge in [-0.25, -0.2) is 0 Å². The molecule has 7 heteroatoms. The summed E-state index contributed by atoms with van der Waals surface area (Å²) in [4.78, 5) is 27.6. The molecule has 0 aromatic heterocycles. The Morgan fingerprint density at radius 1 is 0.969 bits per heavy atom. The van der Waals surface area contributed by atoms with Crippen LogP contribution in [0.2, 0.25) is 0 Å². The van der Waals surface area contributed by atoms with Crippen molar-refractivity contribution in [2.75, 3.05) is 38.8 Å². The predicted octanol–water partition coefficient (Wildman–Crippen LogP) is 3.96. The third kappa shape index (κ3) is 5.29. The Bertz CT molecular complexity index is 982. The van der Waals surface area contributed by atoms with E-state index in [0.29, 0.717) is 47.5 Å². The van der Waals surface area contributed by atoms with Gasteiger partial charge < -0.3 is 19.5 Å². The van der Waals surface area contributed by atoms with Gasteiger partial charge in [-0.2, -0.15) is 0 Å². The van der Waals surface area contributed by atoms with E-state index in [1.165, 1.54) is 12.0 Å². The van der Waals surface area contributed by atoms with Crippen molar-refractivity contribution in [1.29, 1.82) is 0 Å². The number of ether oxygens (including phenoxy) is 3. The molecular weight excluding hydrogens is 408 g/mol. The van der Waals surface area contributed by atoms with E-state index in [1.807, 2.05) is 43.3 Å². The zero-order chi connectivity index (χ0) is 23.1. The molecule has 3 rings (SSSR count). The molecule has 0 fully saturated rings. The summed E-state index contributed by atoms with van der Waals surface area (Å²) in [6, 6.07) is 14.5. The largest absolute Gasteiger partial charge is 0.493 e. The van der Waals surface area contributed by atoms with Gasteiger partial charge in [0.05, 0.1) is 37.6 Å². The summed E-state index contributed by atoms with van der Waals surface area (Å²) in [5.74, 6) is 0.969. The second-order valence-electron chi connectivity index (χ2n) is 7.79. The lowest BCUT2D eigenvalue weighted by Crippen LogP contribution is -2.35. The number of amides is 2. The van der Waals surface area contributed by atoms with E-state index in [4.69, 9.17) is 14.2 Å².